The molecular formula is C17H26N2O. The Labute approximate surface area is 121 Å². The summed E-state index contributed by atoms with van der Waals surface area (Å²) in [6.07, 6.45) is 5.36. The molecule has 0 unspecified atom stereocenters. The van der Waals surface area contributed by atoms with Gasteiger partial charge in [0, 0.05) is 12.6 Å². The van der Waals surface area contributed by atoms with E-state index in [0.29, 0.717) is 6.54 Å². The zero-order valence-corrected chi connectivity index (χ0v) is 12.6. The summed E-state index contributed by atoms with van der Waals surface area (Å²) in [5, 5.41) is 3.09. The van der Waals surface area contributed by atoms with Crippen LogP contribution in [0.2, 0.25) is 0 Å². The fourth-order valence-electron chi connectivity index (χ4n) is 3.17. The summed E-state index contributed by atoms with van der Waals surface area (Å²) in [6.45, 7) is 4.53. The zero-order valence-electron chi connectivity index (χ0n) is 12.6. The van der Waals surface area contributed by atoms with Crippen LogP contribution in [0, 0.1) is 6.92 Å². The third kappa shape index (κ3) is 3.04. The highest BCUT2D eigenvalue weighted by molar-refractivity contribution is 5.88. The van der Waals surface area contributed by atoms with Gasteiger partial charge in [0.25, 0.3) is 0 Å². The number of rotatable bonds is 4. The predicted molar refractivity (Wildman–Crippen MR) is 82.6 cm³/mol. The molecule has 1 fully saturated rings. The summed E-state index contributed by atoms with van der Waals surface area (Å²) in [5.41, 5.74) is 7.67. The fourth-order valence-corrected chi connectivity index (χ4v) is 3.17. The average Bonchev–Trinajstić information content (AvgIpc) is 2.47. The van der Waals surface area contributed by atoms with Crippen molar-refractivity contribution >= 4 is 5.91 Å². The molecule has 1 aliphatic rings. The first-order chi connectivity index (χ1) is 9.58. The van der Waals surface area contributed by atoms with E-state index in [2.05, 4.69) is 36.5 Å². The average molecular weight is 274 g/mol. The molecule has 2 rings (SSSR count). The van der Waals surface area contributed by atoms with Gasteiger partial charge in [-0.15, -0.1) is 0 Å². The lowest BCUT2D eigenvalue weighted by Crippen LogP contribution is -2.50. The minimum Gasteiger partial charge on any atom is -0.352 e. The van der Waals surface area contributed by atoms with Crippen molar-refractivity contribution in [2.24, 2.45) is 5.73 Å². The third-order valence-corrected chi connectivity index (χ3v) is 4.44. The molecule has 20 heavy (non-hydrogen) atoms. The highest BCUT2D eigenvalue weighted by atomic mass is 16.2. The van der Waals surface area contributed by atoms with Gasteiger partial charge in [0.05, 0.1) is 5.41 Å². The molecule has 3 heteroatoms. The van der Waals surface area contributed by atoms with E-state index in [4.69, 9.17) is 5.73 Å². The van der Waals surface area contributed by atoms with Crippen LogP contribution in [-0.2, 0) is 10.2 Å². The van der Waals surface area contributed by atoms with E-state index in [1.54, 1.807) is 0 Å². The van der Waals surface area contributed by atoms with Gasteiger partial charge in [0.1, 0.15) is 0 Å². The molecule has 1 aromatic rings. The first-order valence-corrected chi connectivity index (χ1v) is 7.67. The number of carbonyl (C=O) groups excluding carboxylic acids is 1. The molecular weight excluding hydrogens is 248 g/mol. The Hall–Kier alpha value is -1.35. The number of nitrogens with two attached hydrogens (primary N) is 1. The molecule has 0 radical (unpaired) electrons. The normalized spacial score (nSPS) is 19.4. The van der Waals surface area contributed by atoms with Gasteiger partial charge in [-0.25, -0.2) is 0 Å². The van der Waals surface area contributed by atoms with Gasteiger partial charge in [-0.3, -0.25) is 4.79 Å². The molecule has 110 valence electrons. The summed E-state index contributed by atoms with van der Waals surface area (Å²) in [5.74, 6) is 0.153. The molecule has 3 nitrogen and oxygen atoms in total. The Morgan fingerprint density at radius 1 is 1.35 bits per heavy atom. The van der Waals surface area contributed by atoms with Crippen molar-refractivity contribution in [1.29, 1.82) is 0 Å². The van der Waals surface area contributed by atoms with E-state index in [-0.39, 0.29) is 17.4 Å². The minimum atomic E-state index is -0.353. The van der Waals surface area contributed by atoms with Crippen LogP contribution in [0.4, 0.5) is 0 Å². The van der Waals surface area contributed by atoms with E-state index < -0.39 is 0 Å². The van der Waals surface area contributed by atoms with E-state index >= 15 is 0 Å². The number of hydrogen-bond donors (Lipinski definition) is 2. The van der Waals surface area contributed by atoms with Crippen molar-refractivity contribution < 1.29 is 4.79 Å². The Morgan fingerprint density at radius 3 is 2.65 bits per heavy atom. The van der Waals surface area contributed by atoms with Gasteiger partial charge in [-0.2, -0.15) is 0 Å². The van der Waals surface area contributed by atoms with Crippen molar-refractivity contribution in [3.05, 3.63) is 35.4 Å². The van der Waals surface area contributed by atoms with E-state index in [0.717, 1.165) is 25.7 Å². The molecule has 0 heterocycles. The summed E-state index contributed by atoms with van der Waals surface area (Å²) in [4.78, 5) is 12.8. The van der Waals surface area contributed by atoms with Gasteiger partial charge < -0.3 is 11.1 Å². The van der Waals surface area contributed by atoms with E-state index in [1.807, 2.05) is 6.92 Å². The second kappa shape index (κ2) is 6.40. The standard InChI is InChI=1S/C17H26N2O/c1-13-7-6-8-15(11-13)17(9-4-3-5-10-17)16(20)19-14(2)12-18/h6-8,11,14H,3-5,9-10,12,18H2,1-2H3,(H,19,20)/t14-/m0/s1. The topological polar surface area (TPSA) is 55.1 Å². The Morgan fingerprint density at radius 2 is 2.05 bits per heavy atom. The summed E-state index contributed by atoms with van der Waals surface area (Å²) in [6, 6.07) is 8.44. The number of aryl methyl sites for hydroxylation is 1. The van der Waals surface area contributed by atoms with Crippen molar-refractivity contribution in [2.45, 2.75) is 57.4 Å². The molecule has 0 aliphatic heterocycles. The van der Waals surface area contributed by atoms with Crippen LogP contribution < -0.4 is 11.1 Å². The molecule has 0 aromatic heterocycles. The van der Waals surface area contributed by atoms with Crippen LogP contribution in [0.25, 0.3) is 0 Å². The molecule has 1 aliphatic carbocycles. The summed E-state index contributed by atoms with van der Waals surface area (Å²) < 4.78 is 0. The molecule has 1 saturated carbocycles. The van der Waals surface area contributed by atoms with E-state index in [1.165, 1.54) is 17.5 Å². The maximum Gasteiger partial charge on any atom is 0.230 e. The first-order valence-electron chi connectivity index (χ1n) is 7.67. The van der Waals surface area contributed by atoms with Gasteiger partial charge >= 0.3 is 0 Å². The van der Waals surface area contributed by atoms with Gasteiger partial charge in [0.15, 0.2) is 0 Å². The number of nitrogens with one attached hydrogen (secondary N) is 1. The van der Waals surface area contributed by atoms with E-state index in [9.17, 15) is 4.79 Å². The lowest BCUT2D eigenvalue weighted by molar-refractivity contribution is -0.128. The van der Waals surface area contributed by atoms with Crippen molar-refractivity contribution in [3.8, 4) is 0 Å². The SMILES string of the molecule is Cc1cccc(C2(C(=O)N[C@@H](C)CN)CCCCC2)c1. The van der Waals surface area contributed by atoms with Crippen LogP contribution in [0.15, 0.2) is 24.3 Å². The monoisotopic (exact) mass is 274 g/mol. The van der Waals surface area contributed by atoms with Crippen molar-refractivity contribution in [2.75, 3.05) is 6.54 Å². The molecule has 0 spiro atoms. The fraction of sp³-hybridized carbons (Fsp3) is 0.588. The Balaban J connectivity index is 2.32. The van der Waals surface area contributed by atoms with Crippen molar-refractivity contribution in [3.63, 3.8) is 0 Å². The third-order valence-electron chi connectivity index (χ3n) is 4.44. The van der Waals surface area contributed by atoms with Crippen molar-refractivity contribution in [1.82, 2.24) is 5.32 Å². The molecule has 1 amide bonds. The first kappa shape index (κ1) is 15.0. The summed E-state index contributed by atoms with van der Waals surface area (Å²) in [7, 11) is 0. The quantitative estimate of drug-likeness (QED) is 0.887. The molecule has 1 atom stereocenters. The molecule has 3 N–H and O–H groups in total. The van der Waals surface area contributed by atoms with Crippen LogP contribution in [0.5, 0.6) is 0 Å². The lowest BCUT2D eigenvalue weighted by atomic mass is 9.68. The number of carbonyl (C=O) groups is 1. The summed E-state index contributed by atoms with van der Waals surface area (Å²) >= 11 is 0. The maximum atomic E-state index is 12.8. The highest BCUT2D eigenvalue weighted by Gasteiger charge is 2.41. The second-order valence-corrected chi connectivity index (χ2v) is 6.12. The van der Waals surface area contributed by atoms with Crippen LogP contribution in [-0.4, -0.2) is 18.5 Å². The Kier molecular flexibility index (Phi) is 4.81. The maximum absolute atomic E-state index is 12.8. The van der Waals surface area contributed by atoms with Crippen LogP contribution in [0.1, 0.15) is 50.2 Å². The largest absolute Gasteiger partial charge is 0.352 e. The second-order valence-electron chi connectivity index (χ2n) is 6.12. The molecule has 0 saturated heterocycles. The lowest BCUT2D eigenvalue weighted by Gasteiger charge is -2.37. The Bertz CT molecular complexity index is 464. The van der Waals surface area contributed by atoms with Gasteiger partial charge in [-0.1, -0.05) is 49.1 Å². The predicted octanol–water partition coefficient (Wildman–Crippen LogP) is 2.66. The molecule has 0 bridgehead atoms. The van der Waals surface area contributed by atoms with Gasteiger partial charge in [0.2, 0.25) is 5.91 Å². The van der Waals surface area contributed by atoms with Gasteiger partial charge in [-0.05, 0) is 32.3 Å². The number of benzene rings is 1. The van der Waals surface area contributed by atoms with Crippen LogP contribution in [0.3, 0.4) is 0 Å². The minimum absolute atomic E-state index is 0.0334. The highest BCUT2D eigenvalue weighted by Crippen LogP contribution is 2.40. The van der Waals surface area contributed by atoms with Crippen LogP contribution >= 0.6 is 0 Å². The molecule has 1 aromatic carbocycles. The number of hydrogen-bond acceptors (Lipinski definition) is 2. The number of amides is 1. The smallest absolute Gasteiger partial charge is 0.230 e. The zero-order chi connectivity index (χ0) is 14.6.